The summed E-state index contributed by atoms with van der Waals surface area (Å²) >= 11 is 0. The standard InChI is InChI=1S/C10H20O2/c11-7-5-9-1-2-10(4-3-9)6-8-12/h9-12H,1-8H2. The Morgan fingerprint density at radius 1 is 0.750 bits per heavy atom. The van der Waals surface area contributed by atoms with Crippen LogP contribution in [-0.4, -0.2) is 23.4 Å². The number of aliphatic hydroxyl groups excluding tert-OH is 2. The lowest BCUT2D eigenvalue weighted by molar-refractivity contribution is 0.180. The van der Waals surface area contributed by atoms with Gasteiger partial charge in [0.2, 0.25) is 0 Å². The van der Waals surface area contributed by atoms with Crippen molar-refractivity contribution in [2.75, 3.05) is 13.2 Å². The van der Waals surface area contributed by atoms with Crippen LogP contribution in [0.1, 0.15) is 38.5 Å². The summed E-state index contributed by atoms with van der Waals surface area (Å²) < 4.78 is 0. The quantitative estimate of drug-likeness (QED) is 0.675. The maximum atomic E-state index is 8.75. The van der Waals surface area contributed by atoms with Gasteiger partial charge in [-0.2, -0.15) is 0 Å². The zero-order valence-corrected chi connectivity index (χ0v) is 7.71. The summed E-state index contributed by atoms with van der Waals surface area (Å²) in [5.74, 6) is 1.51. The molecule has 1 fully saturated rings. The maximum Gasteiger partial charge on any atom is 0.0433 e. The second kappa shape index (κ2) is 5.55. The van der Waals surface area contributed by atoms with E-state index in [0.717, 1.165) is 24.7 Å². The molecule has 0 amide bonds. The van der Waals surface area contributed by atoms with Gasteiger partial charge in [-0.15, -0.1) is 0 Å². The van der Waals surface area contributed by atoms with Gasteiger partial charge in [0.25, 0.3) is 0 Å². The molecule has 0 bridgehead atoms. The summed E-state index contributed by atoms with van der Waals surface area (Å²) in [6, 6.07) is 0. The molecule has 2 heteroatoms. The van der Waals surface area contributed by atoms with Gasteiger partial charge in [-0.05, 0) is 24.7 Å². The lowest BCUT2D eigenvalue weighted by atomic mass is 9.79. The number of hydrogen-bond donors (Lipinski definition) is 2. The van der Waals surface area contributed by atoms with E-state index >= 15 is 0 Å². The van der Waals surface area contributed by atoms with E-state index in [9.17, 15) is 0 Å². The molecule has 1 saturated carbocycles. The Kier molecular flexibility index (Phi) is 4.62. The minimum Gasteiger partial charge on any atom is -0.396 e. The average molecular weight is 172 g/mol. The number of aliphatic hydroxyl groups is 2. The summed E-state index contributed by atoms with van der Waals surface area (Å²) in [6.45, 7) is 0.685. The Morgan fingerprint density at radius 3 is 1.33 bits per heavy atom. The molecule has 2 N–H and O–H groups in total. The normalized spacial score (nSPS) is 30.5. The van der Waals surface area contributed by atoms with Gasteiger partial charge < -0.3 is 10.2 Å². The van der Waals surface area contributed by atoms with Crippen LogP contribution < -0.4 is 0 Å². The van der Waals surface area contributed by atoms with E-state index < -0.39 is 0 Å². The Balaban J connectivity index is 2.11. The highest BCUT2D eigenvalue weighted by atomic mass is 16.3. The highest BCUT2D eigenvalue weighted by molar-refractivity contribution is 4.72. The van der Waals surface area contributed by atoms with Crippen molar-refractivity contribution in [2.24, 2.45) is 11.8 Å². The van der Waals surface area contributed by atoms with Crippen LogP contribution in [0.5, 0.6) is 0 Å². The van der Waals surface area contributed by atoms with Crippen molar-refractivity contribution in [3.05, 3.63) is 0 Å². The van der Waals surface area contributed by atoms with Crippen molar-refractivity contribution in [1.29, 1.82) is 0 Å². The second-order valence-electron chi connectivity index (χ2n) is 3.91. The van der Waals surface area contributed by atoms with Crippen LogP contribution in [0, 0.1) is 11.8 Å². The molecule has 0 saturated heterocycles. The van der Waals surface area contributed by atoms with Gasteiger partial charge in [0.15, 0.2) is 0 Å². The monoisotopic (exact) mass is 172 g/mol. The molecule has 0 heterocycles. The third kappa shape index (κ3) is 3.11. The van der Waals surface area contributed by atoms with Crippen LogP contribution in [0.15, 0.2) is 0 Å². The first kappa shape index (κ1) is 10.0. The fraction of sp³-hybridized carbons (Fsp3) is 1.00. The molecular weight excluding hydrogens is 152 g/mol. The second-order valence-corrected chi connectivity index (χ2v) is 3.91. The van der Waals surface area contributed by atoms with Crippen LogP contribution >= 0.6 is 0 Å². The van der Waals surface area contributed by atoms with Gasteiger partial charge in [-0.25, -0.2) is 0 Å². The molecule has 1 rings (SSSR count). The average Bonchev–Trinajstić information content (AvgIpc) is 2.09. The van der Waals surface area contributed by atoms with Gasteiger partial charge in [0, 0.05) is 13.2 Å². The van der Waals surface area contributed by atoms with Crippen molar-refractivity contribution >= 4 is 0 Å². The van der Waals surface area contributed by atoms with E-state index in [0.29, 0.717) is 13.2 Å². The molecule has 0 aromatic heterocycles. The molecule has 1 aliphatic rings. The van der Waals surface area contributed by atoms with E-state index in [2.05, 4.69) is 0 Å². The van der Waals surface area contributed by atoms with Gasteiger partial charge in [-0.1, -0.05) is 25.7 Å². The van der Waals surface area contributed by atoms with Crippen LogP contribution in [-0.2, 0) is 0 Å². The van der Waals surface area contributed by atoms with Crippen molar-refractivity contribution in [3.8, 4) is 0 Å². The Hall–Kier alpha value is -0.0800. The molecular formula is C10H20O2. The highest BCUT2D eigenvalue weighted by Gasteiger charge is 2.19. The Bertz CT molecular complexity index is 92.4. The fourth-order valence-electron chi connectivity index (χ4n) is 2.17. The highest BCUT2D eigenvalue weighted by Crippen LogP contribution is 2.31. The third-order valence-corrected chi connectivity index (χ3v) is 3.04. The Labute approximate surface area is 74.6 Å². The maximum absolute atomic E-state index is 8.75. The predicted molar refractivity (Wildman–Crippen MR) is 48.9 cm³/mol. The van der Waals surface area contributed by atoms with Gasteiger partial charge in [0.1, 0.15) is 0 Å². The molecule has 0 aliphatic heterocycles. The van der Waals surface area contributed by atoms with Crippen molar-refractivity contribution in [1.82, 2.24) is 0 Å². The molecule has 0 atom stereocenters. The van der Waals surface area contributed by atoms with E-state index in [1.54, 1.807) is 0 Å². The van der Waals surface area contributed by atoms with Crippen LogP contribution in [0.3, 0.4) is 0 Å². The molecule has 0 aromatic rings. The van der Waals surface area contributed by atoms with E-state index in [-0.39, 0.29) is 0 Å². The van der Waals surface area contributed by atoms with Crippen LogP contribution in [0.2, 0.25) is 0 Å². The minimum atomic E-state index is 0.343. The van der Waals surface area contributed by atoms with E-state index in [1.807, 2.05) is 0 Å². The molecule has 1 aliphatic carbocycles. The smallest absolute Gasteiger partial charge is 0.0433 e. The first-order chi connectivity index (χ1) is 5.86. The first-order valence-electron chi connectivity index (χ1n) is 5.08. The molecule has 72 valence electrons. The SMILES string of the molecule is OCCC1CCC(CCO)CC1. The van der Waals surface area contributed by atoms with Crippen LogP contribution in [0.4, 0.5) is 0 Å². The lowest BCUT2D eigenvalue weighted by Gasteiger charge is -2.27. The zero-order valence-electron chi connectivity index (χ0n) is 7.71. The molecule has 12 heavy (non-hydrogen) atoms. The summed E-state index contributed by atoms with van der Waals surface area (Å²) in [5, 5.41) is 17.5. The summed E-state index contributed by atoms with van der Waals surface area (Å²) in [6.07, 6.45) is 6.98. The minimum absolute atomic E-state index is 0.343. The number of rotatable bonds is 4. The zero-order chi connectivity index (χ0) is 8.81. The van der Waals surface area contributed by atoms with E-state index in [4.69, 9.17) is 10.2 Å². The predicted octanol–water partition coefficient (Wildman–Crippen LogP) is 1.56. The molecule has 0 aromatic carbocycles. The fourth-order valence-corrected chi connectivity index (χ4v) is 2.17. The van der Waals surface area contributed by atoms with Crippen molar-refractivity contribution < 1.29 is 10.2 Å². The summed E-state index contributed by atoms with van der Waals surface area (Å²) in [4.78, 5) is 0. The van der Waals surface area contributed by atoms with E-state index in [1.165, 1.54) is 25.7 Å². The molecule has 0 unspecified atom stereocenters. The lowest BCUT2D eigenvalue weighted by Crippen LogP contribution is -2.16. The van der Waals surface area contributed by atoms with Crippen LogP contribution in [0.25, 0.3) is 0 Å². The number of hydrogen-bond acceptors (Lipinski definition) is 2. The van der Waals surface area contributed by atoms with Crippen molar-refractivity contribution in [2.45, 2.75) is 38.5 Å². The topological polar surface area (TPSA) is 40.5 Å². The summed E-state index contributed by atoms with van der Waals surface area (Å²) in [7, 11) is 0. The third-order valence-electron chi connectivity index (χ3n) is 3.04. The molecule has 0 radical (unpaired) electrons. The Morgan fingerprint density at radius 2 is 1.08 bits per heavy atom. The summed E-state index contributed by atoms with van der Waals surface area (Å²) in [5.41, 5.74) is 0. The van der Waals surface area contributed by atoms with Crippen molar-refractivity contribution in [3.63, 3.8) is 0 Å². The van der Waals surface area contributed by atoms with Gasteiger partial charge >= 0.3 is 0 Å². The van der Waals surface area contributed by atoms with Gasteiger partial charge in [-0.3, -0.25) is 0 Å². The first-order valence-corrected chi connectivity index (χ1v) is 5.08. The van der Waals surface area contributed by atoms with Gasteiger partial charge in [0.05, 0.1) is 0 Å². The molecule has 2 nitrogen and oxygen atoms in total. The molecule has 0 spiro atoms. The largest absolute Gasteiger partial charge is 0.396 e.